The summed E-state index contributed by atoms with van der Waals surface area (Å²) in [4.78, 5) is 57.0. The molecule has 0 rings (SSSR count). The number of rotatable bonds is 11. The molecule has 148 valence electrons. The number of aliphatic carboxylic acids is 2. The number of nitrogens with one attached hydrogen (secondary N) is 3. The summed E-state index contributed by atoms with van der Waals surface area (Å²) in [6, 6.07) is -3.85. The molecule has 12 heteroatoms. The molecule has 8 N–H and O–H groups in total. The smallest absolute Gasteiger partial charge is 0.328 e. The molecule has 0 fully saturated rings. The largest absolute Gasteiger partial charge is 0.481 e. The van der Waals surface area contributed by atoms with Crippen LogP contribution in [0.3, 0.4) is 0 Å². The average molecular weight is 376 g/mol. The molecule has 12 nitrogen and oxygen atoms in total. The SMILES string of the molecule is CC(N)C(=O)NCC(=O)NC(CCC(=O)O)C(=O)NC(C(=O)O)C(C)O. The first kappa shape index (κ1) is 23.3. The number of nitrogens with two attached hydrogens (primary N) is 1. The Morgan fingerprint density at radius 3 is 2.00 bits per heavy atom. The highest BCUT2D eigenvalue weighted by atomic mass is 16.4. The third-order valence-corrected chi connectivity index (χ3v) is 3.18. The number of hydrogen-bond donors (Lipinski definition) is 7. The Morgan fingerprint density at radius 2 is 1.58 bits per heavy atom. The van der Waals surface area contributed by atoms with Crippen LogP contribution in [0.15, 0.2) is 0 Å². The van der Waals surface area contributed by atoms with Crippen molar-refractivity contribution in [1.29, 1.82) is 0 Å². The summed E-state index contributed by atoms with van der Waals surface area (Å²) in [5.41, 5.74) is 5.31. The highest BCUT2D eigenvalue weighted by Crippen LogP contribution is 2.01. The van der Waals surface area contributed by atoms with Crippen LogP contribution in [-0.2, 0) is 24.0 Å². The molecule has 0 heterocycles. The van der Waals surface area contributed by atoms with Crippen molar-refractivity contribution in [3.8, 4) is 0 Å². The van der Waals surface area contributed by atoms with Gasteiger partial charge in [0.2, 0.25) is 17.7 Å². The van der Waals surface area contributed by atoms with E-state index in [9.17, 15) is 29.1 Å². The Morgan fingerprint density at radius 1 is 1.00 bits per heavy atom. The molecule has 0 saturated heterocycles. The lowest BCUT2D eigenvalue weighted by Crippen LogP contribution is -2.56. The third kappa shape index (κ3) is 8.94. The van der Waals surface area contributed by atoms with E-state index in [0.717, 1.165) is 6.92 Å². The highest BCUT2D eigenvalue weighted by molar-refractivity contribution is 5.92. The van der Waals surface area contributed by atoms with Gasteiger partial charge in [-0.2, -0.15) is 0 Å². The summed E-state index contributed by atoms with van der Waals surface area (Å²) in [6.07, 6.45) is -2.21. The zero-order valence-corrected chi connectivity index (χ0v) is 14.4. The quantitative estimate of drug-likeness (QED) is 0.193. The van der Waals surface area contributed by atoms with Gasteiger partial charge in [-0.15, -0.1) is 0 Å². The normalized spacial score (nSPS) is 15.1. The molecular formula is C14H24N4O8. The number of amides is 3. The molecule has 0 aromatic carbocycles. The first-order chi connectivity index (χ1) is 12.0. The van der Waals surface area contributed by atoms with Crippen LogP contribution in [0, 0.1) is 0 Å². The zero-order valence-electron chi connectivity index (χ0n) is 14.4. The van der Waals surface area contributed by atoms with Crippen molar-refractivity contribution in [3.63, 3.8) is 0 Å². The van der Waals surface area contributed by atoms with Crippen molar-refractivity contribution in [1.82, 2.24) is 16.0 Å². The maximum Gasteiger partial charge on any atom is 0.328 e. The van der Waals surface area contributed by atoms with E-state index in [2.05, 4.69) is 10.6 Å². The van der Waals surface area contributed by atoms with Crippen LogP contribution in [-0.4, -0.2) is 75.8 Å². The van der Waals surface area contributed by atoms with Crippen LogP contribution in [0.5, 0.6) is 0 Å². The van der Waals surface area contributed by atoms with Crippen molar-refractivity contribution in [2.24, 2.45) is 5.73 Å². The summed E-state index contributed by atoms with van der Waals surface area (Å²) in [7, 11) is 0. The van der Waals surface area contributed by atoms with E-state index >= 15 is 0 Å². The molecule has 0 bridgehead atoms. The van der Waals surface area contributed by atoms with Crippen LogP contribution < -0.4 is 21.7 Å². The topological polar surface area (TPSA) is 208 Å². The van der Waals surface area contributed by atoms with Crippen LogP contribution in [0.25, 0.3) is 0 Å². The lowest BCUT2D eigenvalue weighted by atomic mass is 10.1. The minimum Gasteiger partial charge on any atom is -0.481 e. The van der Waals surface area contributed by atoms with Crippen molar-refractivity contribution in [2.45, 2.75) is 50.9 Å². The standard InChI is InChI=1S/C14H24N4O8/c1-6(15)12(23)16-5-9(20)17-8(3-4-10(21)22)13(24)18-11(7(2)19)14(25)26/h6-8,11,19H,3-5,15H2,1-2H3,(H,16,23)(H,17,20)(H,18,24)(H,21,22)(H,25,26). The maximum atomic E-state index is 12.2. The van der Waals surface area contributed by atoms with Gasteiger partial charge in [-0.25, -0.2) is 4.79 Å². The van der Waals surface area contributed by atoms with Crippen molar-refractivity contribution >= 4 is 29.7 Å². The van der Waals surface area contributed by atoms with Gasteiger partial charge in [0.05, 0.1) is 18.7 Å². The van der Waals surface area contributed by atoms with Gasteiger partial charge in [0, 0.05) is 6.42 Å². The summed E-state index contributed by atoms with van der Waals surface area (Å²) >= 11 is 0. The van der Waals surface area contributed by atoms with E-state index in [1.54, 1.807) is 0 Å². The van der Waals surface area contributed by atoms with Crippen LogP contribution >= 0.6 is 0 Å². The van der Waals surface area contributed by atoms with Gasteiger partial charge in [-0.1, -0.05) is 0 Å². The van der Waals surface area contributed by atoms with Gasteiger partial charge in [0.15, 0.2) is 6.04 Å². The average Bonchev–Trinajstić information content (AvgIpc) is 2.52. The fourth-order valence-electron chi connectivity index (χ4n) is 1.75. The molecule has 0 aromatic rings. The summed E-state index contributed by atoms with van der Waals surface area (Å²) in [5, 5.41) is 33.5. The second-order valence-corrected chi connectivity index (χ2v) is 5.62. The predicted octanol–water partition coefficient (Wildman–Crippen LogP) is -3.25. The minimum absolute atomic E-state index is 0.319. The minimum atomic E-state index is -1.63. The van der Waals surface area contributed by atoms with Gasteiger partial charge in [0.1, 0.15) is 6.04 Å². The van der Waals surface area contributed by atoms with E-state index in [-0.39, 0.29) is 6.42 Å². The van der Waals surface area contributed by atoms with Gasteiger partial charge in [0.25, 0.3) is 0 Å². The molecule has 0 saturated carbocycles. The predicted molar refractivity (Wildman–Crippen MR) is 86.7 cm³/mol. The van der Waals surface area contributed by atoms with Gasteiger partial charge >= 0.3 is 11.9 Å². The Hall–Kier alpha value is -2.73. The molecule has 0 radical (unpaired) electrons. The summed E-state index contributed by atoms with van der Waals surface area (Å²) in [6.45, 7) is 2.04. The Labute approximate surface area is 149 Å². The number of carboxylic acid groups (broad SMARTS) is 2. The second-order valence-electron chi connectivity index (χ2n) is 5.62. The molecule has 3 amide bonds. The number of carbonyl (C=O) groups is 5. The van der Waals surface area contributed by atoms with E-state index < -0.39 is 66.9 Å². The number of carboxylic acids is 2. The molecule has 0 spiro atoms. The van der Waals surface area contributed by atoms with Crippen LogP contribution in [0.2, 0.25) is 0 Å². The number of hydrogen-bond acceptors (Lipinski definition) is 7. The lowest BCUT2D eigenvalue weighted by Gasteiger charge is -2.22. The van der Waals surface area contributed by atoms with Gasteiger partial charge < -0.3 is 37.0 Å². The fraction of sp³-hybridized carbons (Fsp3) is 0.643. The summed E-state index contributed by atoms with van der Waals surface area (Å²) in [5.74, 6) is -5.11. The van der Waals surface area contributed by atoms with Gasteiger partial charge in [-0.3, -0.25) is 19.2 Å². The lowest BCUT2D eigenvalue weighted by molar-refractivity contribution is -0.145. The van der Waals surface area contributed by atoms with E-state index in [0.29, 0.717) is 0 Å². The Kier molecular flexibility index (Phi) is 9.84. The third-order valence-electron chi connectivity index (χ3n) is 3.18. The van der Waals surface area contributed by atoms with E-state index in [1.807, 2.05) is 5.32 Å². The van der Waals surface area contributed by atoms with Crippen molar-refractivity contribution in [3.05, 3.63) is 0 Å². The second kappa shape index (κ2) is 11.0. The molecular weight excluding hydrogens is 352 g/mol. The molecule has 0 aromatic heterocycles. The molecule has 0 aliphatic rings. The molecule has 26 heavy (non-hydrogen) atoms. The first-order valence-electron chi connectivity index (χ1n) is 7.71. The van der Waals surface area contributed by atoms with Crippen molar-refractivity contribution in [2.75, 3.05) is 6.54 Å². The molecule has 4 atom stereocenters. The van der Waals surface area contributed by atoms with Crippen LogP contribution in [0.4, 0.5) is 0 Å². The Bertz CT molecular complexity index is 549. The Balaban J connectivity index is 4.95. The molecule has 4 unspecified atom stereocenters. The first-order valence-corrected chi connectivity index (χ1v) is 7.71. The van der Waals surface area contributed by atoms with Gasteiger partial charge in [-0.05, 0) is 20.3 Å². The monoisotopic (exact) mass is 376 g/mol. The maximum absolute atomic E-state index is 12.2. The van der Waals surface area contributed by atoms with Crippen LogP contribution in [0.1, 0.15) is 26.7 Å². The highest BCUT2D eigenvalue weighted by Gasteiger charge is 2.29. The number of aliphatic hydroxyl groups excluding tert-OH is 1. The zero-order chi connectivity index (χ0) is 20.4. The van der Waals surface area contributed by atoms with E-state index in [4.69, 9.17) is 15.9 Å². The number of aliphatic hydroxyl groups is 1. The molecule has 0 aliphatic heterocycles. The van der Waals surface area contributed by atoms with Crippen molar-refractivity contribution < 1.29 is 39.3 Å². The van der Waals surface area contributed by atoms with E-state index in [1.165, 1.54) is 6.92 Å². The molecule has 0 aliphatic carbocycles. The summed E-state index contributed by atoms with van der Waals surface area (Å²) < 4.78 is 0. The number of carbonyl (C=O) groups excluding carboxylic acids is 3. The fourth-order valence-corrected chi connectivity index (χ4v) is 1.75.